The van der Waals surface area contributed by atoms with Gasteiger partial charge in [-0.2, -0.15) is 0 Å². The van der Waals surface area contributed by atoms with Crippen LogP contribution in [0.3, 0.4) is 0 Å². The zero-order chi connectivity index (χ0) is 19.3. The molecule has 1 unspecified atom stereocenters. The largest absolute Gasteiger partial charge is 0.355 e. The van der Waals surface area contributed by atoms with Gasteiger partial charge in [-0.3, -0.25) is 4.99 Å². The van der Waals surface area contributed by atoms with Crippen LogP contribution < -0.4 is 10.6 Å². The molecule has 0 radical (unpaired) electrons. The molecule has 148 valence electrons. The van der Waals surface area contributed by atoms with Gasteiger partial charge in [-0.05, 0) is 31.7 Å². The number of benzene rings is 1. The second-order valence-corrected chi connectivity index (χ2v) is 6.87. The molecule has 1 aromatic heterocycles. The summed E-state index contributed by atoms with van der Waals surface area (Å²) in [5.41, 5.74) is 1.38. The van der Waals surface area contributed by atoms with Gasteiger partial charge in [0.05, 0.1) is 0 Å². The average Bonchev–Trinajstić information content (AvgIpc) is 3.15. The van der Waals surface area contributed by atoms with E-state index in [0.717, 1.165) is 63.5 Å². The molecule has 2 N–H and O–H groups in total. The Kier molecular flexibility index (Phi) is 9.38. The number of hydrogen-bond acceptors (Lipinski definition) is 3. The zero-order valence-electron chi connectivity index (χ0n) is 17.0. The van der Waals surface area contributed by atoms with Crippen molar-refractivity contribution in [2.45, 2.75) is 65.5 Å². The molecule has 1 atom stereocenters. The second kappa shape index (κ2) is 12.1. The van der Waals surface area contributed by atoms with Crippen molar-refractivity contribution in [1.82, 2.24) is 25.4 Å². The topological polar surface area (TPSA) is 67.1 Å². The number of rotatable bonds is 11. The Labute approximate surface area is 163 Å². The first kappa shape index (κ1) is 20.9. The molecule has 0 fully saturated rings. The third kappa shape index (κ3) is 7.81. The van der Waals surface area contributed by atoms with Crippen LogP contribution in [0.15, 0.2) is 41.7 Å². The van der Waals surface area contributed by atoms with Crippen LogP contribution in [0.25, 0.3) is 0 Å². The van der Waals surface area contributed by atoms with E-state index in [2.05, 4.69) is 76.5 Å². The highest BCUT2D eigenvalue weighted by Gasteiger charge is 2.07. The summed E-state index contributed by atoms with van der Waals surface area (Å²) in [6, 6.07) is 11.0. The smallest absolute Gasteiger partial charge is 0.191 e. The van der Waals surface area contributed by atoms with Crippen LogP contribution in [0.2, 0.25) is 0 Å². The minimum Gasteiger partial charge on any atom is -0.355 e. The minimum absolute atomic E-state index is 0.360. The molecule has 0 aliphatic heterocycles. The predicted molar refractivity (Wildman–Crippen MR) is 112 cm³/mol. The first-order valence-electron chi connectivity index (χ1n) is 10.2. The molecule has 0 saturated carbocycles. The first-order valence-corrected chi connectivity index (χ1v) is 10.2. The van der Waals surface area contributed by atoms with Crippen LogP contribution in [0, 0.1) is 0 Å². The maximum absolute atomic E-state index is 4.72. The normalized spacial score (nSPS) is 12.8. The predicted octanol–water partition coefficient (Wildman–Crippen LogP) is 3.20. The number of aliphatic imine (C=N–C) groups is 1. The molecule has 6 heteroatoms. The summed E-state index contributed by atoms with van der Waals surface area (Å²) in [4.78, 5) is 4.72. The average molecular weight is 371 g/mol. The highest BCUT2D eigenvalue weighted by Crippen LogP contribution is 2.04. The standard InChI is InChI=1S/C21H34N6/c1-4-6-14-22-21(23-15-16-27-17-24-26-20(27)5-2)25-18(3)12-13-19-10-8-7-9-11-19/h7-11,17-18H,4-6,12-16H2,1-3H3,(H2,22,23,25). The number of aryl methyl sites for hydroxylation is 2. The van der Waals surface area contributed by atoms with Crippen molar-refractivity contribution in [2.24, 2.45) is 4.99 Å². The summed E-state index contributed by atoms with van der Waals surface area (Å²) in [7, 11) is 0. The van der Waals surface area contributed by atoms with E-state index in [9.17, 15) is 0 Å². The lowest BCUT2D eigenvalue weighted by Crippen LogP contribution is -2.43. The van der Waals surface area contributed by atoms with E-state index < -0.39 is 0 Å². The Hall–Kier alpha value is -2.37. The fraction of sp³-hybridized carbons (Fsp3) is 0.571. The van der Waals surface area contributed by atoms with E-state index >= 15 is 0 Å². The number of nitrogens with one attached hydrogen (secondary N) is 2. The summed E-state index contributed by atoms with van der Waals surface area (Å²) >= 11 is 0. The van der Waals surface area contributed by atoms with Gasteiger partial charge in [0.1, 0.15) is 12.2 Å². The van der Waals surface area contributed by atoms with Crippen molar-refractivity contribution < 1.29 is 0 Å². The summed E-state index contributed by atoms with van der Waals surface area (Å²) in [5, 5.41) is 15.1. The van der Waals surface area contributed by atoms with Gasteiger partial charge < -0.3 is 15.2 Å². The number of aromatic nitrogens is 3. The Morgan fingerprint density at radius 1 is 1.22 bits per heavy atom. The van der Waals surface area contributed by atoms with Gasteiger partial charge in [0, 0.05) is 32.1 Å². The Bertz CT molecular complexity index is 664. The first-order chi connectivity index (χ1) is 13.2. The van der Waals surface area contributed by atoms with E-state index in [4.69, 9.17) is 4.99 Å². The Morgan fingerprint density at radius 2 is 2.04 bits per heavy atom. The van der Waals surface area contributed by atoms with Crippen molar-refractivity contribution in [1.29, 1.82) is 0 Å². The number of hydrogen-bond donors (Lipinski definition) is 2. The third-order valence-corrected chi connectivity index (χ3v) is 4.53. The van der Waals surface area contributed by atoms with Crippen LogP contribution >= 0.6 is 0 Å². The van der Waals surface area contributed by atoms with E-state index in [1.165, 1.54) is 5.56 Å². The molecule has 2 aromatic rings. The summed E-state index contributed by atoms with van der Waals surface area (Å²) in [6.07, 6.45) is 7.09. The van der Waals surface area contributed by atoms with Crippen molar-refractivity contribution in [3.63, 3.8) is 0 Å². The van der Waals surface area contributed by atoms with Gasteiger partial charge in [0.2, 0.25) is 0 Å². The fourth-order valence-electron chi connectivity index (χ4n) is 2.87. The maximum atomic E-state index is 4.72. The Balaban J connectivity index is 1.82. The molecule has 2 rings (SSSR count). The molecule has 0 aliphatic rings. The van der Waals surface area contributed by atoms with Gasteiger partial charge >= 0.3 is 0 Å². The molecule has 0 bridgehead atoms. The quantitative estimate of drug-likeness (QED) is 0.362. The SMILES string of the molecule is CCCCN=C(NCCn1cnnc1CC)NC(C)CCc1ccccc1. The van der Waals surface area contributed by atoms with Crippen molar-refractivity contribution in [3.05, 3.63) is 48.0 Å². The van der Waals surface area contributed by atoms with Crippen LogP contribution in [-0.2, 0) is 19.4 Å². The van der Waals surface area contributed by atoms with Crippen molar-refractivity contribution in [3.8, 4) is 0 Å². The molecule has 1 heterocycles. The molecule has 1 aromatic carbocycles. The van der Waals surface area contributed by atoms with Gasteiger partial charge in [0.15, 0.2) is 5.96 Å². The van der Waals surface area contributed by atoms with Gasteiger partial charge in [0.25, 0.3) is 0 Å². The minimum atomic E-state index is 0.360. The molecule has 6 nitrogen and oxygen atoms in total. The lowest BCUT2D eigenvalue weighted by Gasteiger charge is -2.19. The maximum Gasteiger partial charge on any atom is 0.191 e. The van der Waals surface area contributed by atoms with Crippen molar-refractivity contribution >= 4 is 5.96 Å². The molecule has 0 aliphatic carbocycles. The summed E-state index contributed by atoms with van der Waals surface area (Å²) in [6.45, 7) is 8.99. The number of unbranched alkanes of at least 4 members (excludes halogenated alkanes) is 1. The Morgan fingerprint density at radius 3 is 2.78 bits per heavy atom. The molecule has 27 heavy (non-hydrogen) atoms. The lowest BCUT2D eigenvalue weighted by molar-refractivity contribution is 0.579. The van der Waals surface area contributed by atoms with Crippen molar-refractivity contribution in [2.75, 3.05) is 13.1 Å². The van der Waals surface area contributed by atoms with Gasteiger partial charge in [-0.25, -0.2) is 0 Å². The zero-order valence-corrected chi connectivity index (χ0v) is 17.0. The highest BCUT2D eigenvalue weighted by molar-refractivity contribution is 5.80. The van der Waals surface area contributed by atoms with Crippen LogP contribution in [0.4, 0.5) is 0 Å². The van der Waals surface area contributed by atoms with E-state index in [1.54, 1.807) is 6.33 Å². The molecule has 0 amide bonds. The van der Waals surface area contributed by atoms with Gasteiger partial charge in [-0.1, -0.05) is 50.6 Å². The number of nitrogens with zero attached hydrogens (tertiary/aromatic N) is 4. The monoisotopic (exact) mass is 370 g/mol. The van der Waals surface area contributed by atoms with Crippen LogP contribution in [-0.4, -0.2) is 39.9 Å². The molecular formula is C21H34N6. The van der Waals surface area contributed by atoms with E-state index in [0.29, 0.717) is 6.04 Å². The molecular weight excluding hydrogens is 336 g/mol. The van der Waals surface area contributed by atoms with Gasteiger partial charge in [-0.15, -0.1) is 10.2 Å². The van der Waals surface area contributed by atoms with E-state index in [-0.39, 0.29) is 0 Å². The lowest BCUT2D eigenvalue weighted by atomic mass is 10.1. The summed E-state index contributed by atoms with van der Waals surface area (Å²) in [5.74, 6) is 1.92. The van der Waals surface area contributed by atoms with Crippen LogP contribution in [0.5, 0.6) is 0 Å². The van der Waals surface area contributed by atoms with Crippen LogP contribution in [0.1, 0.15) is 51.4 Å². The van der Waals surface area contributed by atoms with E-state index in [1.807, 2.05) is 0 Å². The fourth-order valence-corrected chi connectivity index (χ4v) is 2.87. The molecule has 0 spiro atoms. The molecule has 0 saturated heterocycles. The third-order valence-electron chi connectivity index (χ3n) is 4.53. The second-order valence-electron chi connectivity index (χ2n) is 6.87. The number of guanidine groups is 1. The highest BCUT2D eigenvalue weighted by atomic mass is 15.3. The summed E-state index contributed by atoms with van der Waals surface area (Å²) < 4.78 is 2.09.